The summed E-state index contributed by atoms with van der Waals surface area (Å²) >= 11 is 1.64. The van der Waals surface area contributed by atoms with Crippen LogP contribution in [0.3, 0.4) is 0 Å². The number of thiophene rings is 1. The first-order valence-corrected chi connectivity index (χ1v) is 9.25. The molecule has 0 fully saturated rings. The average molecular weight is 368 g/mol. The summed E-state index contributed by atoms with van der Waals surface area (Å²) in [7, 11) is 0. The number of benzene rings is 1. The highest BCUT2D eigenvalue weighted by molar-refractivity contribution is 7.10. The molecule has 7 heteroatoms. The molecule has 0 saturated carbocycles. The number of amides is 2. The minimum atomic E-state index is -0.215. The number of hydrogen-bond acceptors (Lipinski definition) is 5. The van der Waals surface area contributed by atoms with E-state index in [1.807, 2.05) is 61.7 Å². The van der Waals surface area contributed by atoms with E-state index in [-0.39, 0.29) is 12.1 Å². The summed E-state index contributed by atoms with van der Waals surface area (Å²) in [4.78, 5) is 17.3. The third kappa shape index (κ3) is 4.80. The maximum atomic E-state index is 11.8. The van der Waals surface area contributed by atoms with Crippen LogP contribution in [0.4, 0.5) is 10.5 Å². The van der Waals surface area contributed by atoms with Crippen molar-refractivity contribution >= 4 is 35.2 Å². The van der Waals surface area contributed by atoms with E-state index in [0.717, 1.165) is 16.9 Å². The van der Waals surface area contributed by atoms with Crippen LogP contribution in [-0.2, 0) is 0 Å². The van der Waals surface area contributed by atoms with Crippen LogP contribution in [0.5, 0.6) is 0 Å². The van der Waals surface area contributed by atoms with E-state index in [1.54, 1.807) is 17.4 Å². The van der Waals surface area contributed by atoms with E-state index in [0.29, 0.717) is 17.4 Å². The number of anilines is 1. The highest BCUT2D eigenvalue weighted by Gasteiger charge is 2.08. The predicted octanol–water partition coefficient (Wildman–Crippen LogP) is 4.89. The second-order valence-corrected chi connectivity index (χ2v) is 6.77. The van der Waals surface area contributed by atoms with Gasteiger partial charge in [0.05, 0.1) is 0 Å². The lowest BCUT2D eigenvalue weighted by molar-refractivity contribution is 0.249. The Bertz CT molecular complexity index is 869. The number of nitrogens with zero attached hydrogens (tertiary/aromatic N) is 2. The average Bonchev–Trinajstić information content (AvgIpc) is 3.32. The van der Waals surface area contributed by atoms with E-state index >= 15 is 0 Å². The second-order valence-electron chi connectivity index (χ2n) is 5.79. The molecule has 2 amide bonds. The van der Waals surface area contributed by atoms with Crippen molar-refractivity contribution in [1.82, 2.24) is 15.5 Å². The lowest BCUT2D eigenvalue weighted by Gasteiger charge is -2.12. The molecule has 2 heterocycles. The third-order valence-corrected chi connectivity index (χ3v) is 4.60. The van der Waals surface area contributed by atoms with Crippen LogP contribution >= 0.6 is 11.3 Å². The Labute approximate surface area is 155 Å². The Morgan fingerprint density at radius 3 is 2.77 bits per heavy atom. The zero-order valence-corrected chi connectivity index (χ0v) is 15.4. The molecule has 3 rings (SSSR count). The Morgan fingerprint density at radius 1 is 1.27 bits per heavy atom. The Kier molecular flexibility index (Phi) is 5.80. The Hall–Kier alpha value is -2.93. The number of urea groups is 1. The molecule has 1 atom stereocenters. The molecule has 0 bridgehead atoms. The molecule has 0 unspecified atom stereocenters. The molecule has 2 aromatic heterocycles. The van der Waals surface area contributed by atoms with Crippen LogP contribution in [0.15, 0.2) is 46.3 Å². The van der Waals surface area contributed by atoms with Gasteiger partial charge in [-0.25, -0.2) is 4.79 Å². The Morgan fingerprint density at radius 2 is 2.08 bits per heavy atom. The van der Waals surface area contributed by atoms with Gasteiger partial charge >= 0.3 is 6.03 Å². The van der Waals surface area contributed by atoms with Gasteiger partial charge in [-0.1, -0.05) is 18.1 Å². The van der Waals surface area contributed by atoms with Gasteiger partial charge in [0.25, 0.3) is 5.89 Å². The summed E-state index contributed by atoms with van der Waals surface area (Å²) in [5.74, 6) is 0.954. The third-order valence-electron chi connectivity index (χ3n) is 3.77. The lowest BCUT2D eigenvalue weighted by Crippen LogP contribution is -2.35. The van der Waals surface area contributed by atoms with Gasteiger partial charge in [0.2, 0.25) is 5.82 Å². The summed E-state index contributed by atoms with van der Waals surface area (Å²) in [5, 5.41) is 11.7. The summed E-state index contributed by atoms with van der Waals surface area (Å²) in [5.41, 5.74) is 1.52. The fourth-order valence-corrected chi connectivity index (χ4v) is 2.77. The van der Waals surface area contributed by atoms with Crippen molar-refractivity contribution in [2.24, 2.45) is 0 Å². The number of hydrogen-bond donors (Lipinski definition) is 2. The van der Waals surface area contributed by atoms with Crippen LogP contribution in [0, 0.1) is 0 Å². The minimum absolute atomic E-state index is 0.134. The normalized spacial score (nSPS) is 12.2. The first-order valence-electron chi connectivity index (χ1n) is 8.37. The number of rotatable bonds is 6. The molecule has 1 aromatic carbocycles. The largest absolute Gasteiger partial charge is 0.335 e. The molecule has 6 nitrogen and oxygen atoms in total. The quantitative estimate of drug-likeness (QED) is 0.649. The maximum absolute atomic E-state index is 11.8. The van der Waals surface area contributed by atoms with Gasteiger partial charge in [-0.2, -0.15) is 4.98 Å². The fraction of sp³-hybridized carbons (Fsp3) is 0.211. The molecule has 0 radical (unpaired) electrons. The molecule has 0 aliphatic rings. The Balaban J connectivity index is 1.63. The summed E-state index contributed by atoms with van der Waals surface area (Å²) in [6, 6.07) is 11.2. The monoisotopic (exact) mass is 368 g/mol. The van der Waals surface area contributed by atoms with E-state index < -0.39 is 0 Å². The zero-order chi connectivity index (χ0) is 18.4. The SMILES string of the molecule is CC[C@H](C)NC(=O)Nc1ccc(-c2noc(/C=C/c3cccs3)n2)cc1. The van der Waals surface area contributed by atoms with Crippen molar-refractivity contribution in [3.05, 3.63) is 52.5 Å². The van der Waals surface area contributed by atoms with E-state index in [9.17, 15) is 4.79 Å². The number of nitrogens with one attached hydrogen (secondary N) is 2. The number of carbonyl (C=O) groups is 1. The number of carbonyl (C=O) groups excluding carboxylic acids is 1. The van der Waals surface area contributed by atoms with Gasteiger partial charge in [-0.3, -0.25) is 0 Å². The molecular weight excluding hydrogens is 348 g/mol. The molecular formula is C19H20N4O2S. The molecule has 0 spiro atoms. The van der Waals surface area contributed by atoms with Crippen LogP contribution < -0.4 is 10.6 Å². The van der Waals surface area contributed by atoms with Crippen molar-refractivity contribution in [2.45, 2.75) is 26.3 Å². The maximum Gasteiger partial charge on any atom is 0.319 e. The molecule has 134 valence electrons. The van der Waals surface area contributed by atoms with Gasteiger partial charge in [-0.05, 0) is 55.1 Å². The molecule has 2 N–H and O–H groups in total. The lowest BCUT2D eigenvalue weighted by atomic mass is 10.2. The van der Waals surface area contributed by atoms with Crippen molar-refractivity contribution in [1.29, 1.82) is 0 Å². The van der Waals surface area contributed by atoms with E-state index in [1.165, 1.54) is 0 Å². The summed E-state index contributed by atoms with van der Waals surface area (Å²) in [6.45, 7) is 3.98. The van der Waals surface area contributed by atoms with Gasteiger partial charge in [-0.15, -0.1) is 11.3 Å². The standard InChI is InChI=1S/C19H20N4O2S/c1-3-13(2)20-19(24)21-15-8-6-14(7-9-15)18-22-17(25-23-18)11-10-16-5-4-12-26-16/h4-13H,3H2,1-2H3,(H2,20,21,24)/b11-10+/t13-/m0/s1. The second kappa shape index (κ2) is 8.44. The van der Waals surface area contributed by atoms with Crippen LogP contribution in [0.25, 0.3) is 23.5 Å². The van der Waals surface area contributed by atoms with Crippen molar-refractivity contribution in [2.75, 3.05) is 5.32 Å². The summed E-state index contributed by atoms with van der Waals surface area (Å²) < 4.78 is 5.25. The molecule has 0 aliphatic carbocycles. The van der Waals surface area contributed by atoms with Crippen LogP contribution in [-0.4, -0.2) is 22.2 Å². The molecule has 26 heavy (non-hydrogen) atoms. The van der Waals surface area contributed by atoms with Gasteiger partial charge < -0.3 is 15.2 Å². The zero-order valence-electron chi connectivity index (χ0n) is 14.6. The van der Waals surface area contributed by atoms with Crippen LogP contribution in [0.1, 0.15) is 31.0 Å². The highest BCUT2D eigenvalue weighted by Crippen LogP contribution is 2.20. The van der Waals surface area contributed by atoms with Crippen molar-refractivity contribution in [3.63, 3.8) is 0 Å². The molecule has 0 aliphatic heterocycles. The van der Waals surface area contributed by atoms with Crippen LogP contribution in [0.2, 0.25) is 0 Å². The minimum Gasteiger partial charge on any atom is -0.335 e. The van der Waals surface area contributed by atoms with Gasteiger partial charge in [0.15, 0.2) is 0 Å². The fourth-order valence-electron chi connectivity index (χ4n) is 2.16. The molecule has 3 aromatic rings. The highest BCUT2D eigenvalue weighted by atomic mass is 32.1. The van der Waals surface area contributed by atoms with Gasteiger partial charge in [0, 0.05) is 28.2 Å². The van der Waals surface area contributed by atoms with E-state index in [2.05, 4.69) is 20.8 Å². The smallest absolute Gasteiger partial charge is 0.319 e. The molecule has 0 saturated heterocycles. The van der Waals surface area contributed by atoms with Crippen molar-refractivity contribution < 1.29 is 9.32 Å². The summed E-state index contributed by atoms with van der Waals surface area (Å²) in [6.07, 6.45) is 4.61. The topological polar surface area (TPSA) is 80.0 Å². The van der Waals surface area contributed by atoms with Crippen molar-refractivity contribution in [3.8, 4) is 11.4 Å². The first kappa shape index (κ1) is 17.9. The predicted molar refractivity (Wildman–Crippen MR) is 105 cm³/mol. The first-order chi connectivity index (χ1) is 12.6. The van der Waals surface area contributed by atoms with E-state index in [4.69, 9.17) is 4.52 Å². The number of aromatic nitrogens is 2. The van der Waals surface area contributed by atoms with Gasteiger partial charge in [0.1, 0.15) is 0 Å².